The molecule has 0 fully saturated rings. The van der Waals surface area contributed by atoms with Crippen LogP contribution in [0.15, 0.2) is 24.3 Å². The van der Waals surface area contributed by atoms with E-state index in [0.29, 0.717) is 0 Å². The van der Waals surface area contributed by atoms with Gasteiger partial charge in [0.2, 0.25) is 0 Å². The molecule has 0 saturated carbocycles. The summed E-state index contributed by atoms with van der Waals surface area (Å²) in [5.41, 5.74) is 0. The van der Waals surface area contributed by atoms with Crippen LogP contribution in [0.2, 0.25) is 0 Å². The van der Waals surface area contributed by atoms with Gasteiger partial charge in [0.25, 0.3) is 0 Å². The van der Waals surface area contributed by atoms with Crippen LogP contribution in [0.4, 0.5) is 0 Å². The third kappa shape index (κ3) is 2.26. The number of hydrogen-bond donors (Lipinski definition) is 0. The summed E-state index contributed by atoms with van der Waals surface area (Å²) >= 11 is 0. The van der Waals surface area contributed by atoms with Crippen molar-refractivity contribution in [3.63, 3.8) is 0 Å². The number of rotatable bonds is 0. The molecule has 0 radical (unpaired) electrons. The molecule has 0 aliphatic heterocycles. The van der Waals surface area contributed by atoms with Crippen molar-refractivity contribution in [2.75, 3.05) is 0 Å². The Kier molecular flexibility index (Phi) is 4.96. The van der Waals surface area contributed by atoms with Gasteiger partial charge in [0.05, 0.1) is 0 Å². The van der Waals surface area contributed by atoms with Gasteiger partial charge in [0.15, 0.2) is 0 Å². The molecule has 0 amide bonds. The Bertz CT molecular complexity index is 62.0. The van der Waals surface area contributed by atoms with E-state index in [0.717, 1.165) is 6.42 Å². The molecule has 0 aromatic carbocycles. The molecule has 1 aliphatic carbocycles. The first-order valence-corrected chi connectivity index (χ1v) is 1.82. The van der Waals surface area contributed by atoms with Gasteiger partial charge in [0.1, 0.15) is 0 Å². The van der Waals surface area contributed by atoms with E-state index in [1.54, 1.807) is 0 Å². The second-order valence-electron chi connectivity index (χ2n) is 1.09. The first kappa shape index (κ1) is 7.05. The summed E-state index contributed by atoms with van der Waals surface area (Å²) in [5.74, 6) is 0. The summed E-state index contributed by atoms with van der Waals surface area (Å²) in [6.45, 7) is 0. The van der Waals surface area contributed by atoms with Gasteiger partial charge in [-0.25, -0.2) is 0 Å². The van der Waals surface area contributed by atoms with Gasteiger partial charge in [0, 0.05) is 0 Å². The first-order chi connectivity index (χ1) is 2.50. The fourth-order valence-electron chi connectivity index (χ4n) is 0.393. The Balaban J connectivity index is 0.000000250. The van der Waals surface area contributed by atoms with E-state index in [-0.39, 0.29) is 48.9 Å². The summed E-state index contributed by atoms with van der Waals surface area (Å²) in [4.78, 5) is 0. The van der Waals surface area contributed by atoms with Crippen LogP contribution in [0.1, 0.15) is 6.42 Å². The van der Waals surface area contributed by atoms with E-state index in [1.807, 2.05) is 0 Å². The van der Waals surface area contributed by atoms with E-state index < -0.39 is 0 Å². The zero-order valence-corrected chi connectivity index (χ0v) is 3.02. The molecule has 0 aromatic heterocycles. The standard InChI is InChI=1S/C5H6.Ba.2H/c1-2-4-5-3-1;;;/h1-4H,5H2;;;. The van der Waals surface area contributed by atoms with Crippen molar-refractivity contribution in [2.45, 2.75) is 6.42 Å². The van der Waals surface area contributed by atoms with Crippen molar-refractivity contribution >= 4 is 48.9 Å². The normalized spacial score (nSPS) is 14.7. The van der Waals surface area contributed by atoms with Crippen molar-refractivity contribution in [1.29, 1.82) is 0 Å². The van der Waals surface area contributed by atoms with Crippen LogP contribution in [-0.4, -0.2) is 48.9 Å². The van der Waals surface area contributed by atoms with Gasteiger partial charge in [-0.2, -0.15) is 0 Å². The zero-order chi connectivity index (χ0) is 3.54. The molecule has 0 saturated heterocycles. The van der Waals surface area contributed by atoms with Gasteiger partial charge in [-0.05, 0) is 6.42 Å². The van der Waals surface area contributed by atoms with Gasteiger partial charge in [-0.3, -0.25) is 0 Å². The molecule has 0 heterocycles. The Morgan fingerprint density at radius 1 is 1.00 bits per heavy atom. The Morgan fingerprint density at radius 2 is 1.50 bits per heavy atom. The minimum atomic E-state index is 0. The molecule has 1 aliphatic rings. The summed E-state index contributed by atoms with van der Waals surface area (Å²) in [5, 5.41) is 0. The van der Waals surface area contributed by atoms with E-state index in [9.17, 15) is 0 Å². The Hall–Kier alpha value is 1.05. The first-order valence-electron chi connectivity index (χ1n) is 1.82. The van der Waals surface area contributed by atoms with E-state index in [2.05, 4.69) is 24.3 Å². The third-order valence-corrected chi connectivity index (χ3v) is 0.655. The molecule has 30 valence electrons. The fourth-order valence-corrected chi connectivity index (χ4v) is 0.393. The van der Waals surface area contributed by atoms with E-state index >= 15 is 0 Å². The van der Waals surface area contributed by atoms with Crippen molar-refractivity contribution in [1.82, 2.24) is 0 Å². The fraction of sp³-hybridized carbons (Fsp3) is 0.200. The molecule has 1 rings (SSSR count). The summed E-state index contributed by atoms with van der Waals surface area (Å²) in [6.07, 6.45) is 9.50. The van der Waals surface area contributed by atoms with Gasteiger partial charge < -0.3 is 0 Å². The van der Waals surface area contributed by atoms with Gasteiger partial charge in [-0.15, -0.1) is 0 Å². The zero-order valence-electron chi connectivity index (χ0n) is 3.02. The summed E-state index contributed by atoms with van der Waals surface area (Å²) in [6, 6.07) is 0. The molecule has 0 nitrogen and oxygen atoms in total. The SMILES string of the molecule is C1=CCC=C1.[BaH2]. The van der Waals surface area contributed by atoms with Gasteiger partial charge in [-0.1, -0.05) is 24.3 Å². The predicted octanol–water partition coefficient (Wildman–Crippen LogP) is 0.586. The molecule has 0 atom stereocenters. The molecular formula is C5H8Ba. The van der Waals surface area contributed by atoms with Crippen molar-refractivity contribution in [3.05, 3.63) is 24.3 Å². The van der Waals surface area contributed by atoms with E-state index in [1.165, 1.54) is 0 Å². The number of hydrogen-bond acceptors (Lipinski definition) is 0. The topological polar surface area (TPSA) is 0 Å². The molecular weight excluding hydrogens is 197 g/mol. The predicted molar refractivity (Wildman–Crippen MR) is 31.4 cm³/mol. The second-order valence-corrected chi connectivity index (χ2v) is 1.09. The average Bonchev–Trinajstić information content (AvgIpc) is 1.76. The van der Waals surface area contributed by atoms with Crippen molar-refractivity contribution in [2.24, 2.45) is 0 Å². The minimum absolute atomic E-state index is 0. The molecule has 1 heteroatoms. The summed E-state index contributed by atoms with van der Waals surface area (Å²) < 4.78 is 0. The molecule has 0 unspecified atom stereocenters. The van der Waals surface area contributed by atoms with Crippen molar-refractivity contribution < 1.29 is 0 Å². The molecule has 6 heavy (non-hydrogen) atoms. The molecule has 0 N–H and O–H groups in total. The average molecular weight is 205 g/mol. The van der Waals surface area contributed by atoms with Crippen LogP contribution in [-0.2, 0) is 0 Å². The monoisotopic (exact) mass is 206 g/mol. The van der Waals surface area contributed by atoms with Crippen LogP contribution < -0.4 is 0 Å². The molecule has 0 bridgehead atoms. The quantitative estimate of drug-likeness (QED) is 0.508. The Morgan fingerprint density at radius 3 is 1.67 bits per heavy atom. The summed E-state index contributed by atoms with van der Waals surface area (Å²) in [7, 11) is 0. The van der Waals surface area contributed by atoms with Crippen LogP contribution in [0.5, 0.6) is 0 Å². The van der Waals surface area contributed by atoms with Crippen LogP contribution in [0, 0.1) is 0 Å². The maximum atomic E-state index is 2.12. The van der Waals surface area contributed by atoms with Gasteiger partial charge >= 0.3 is 48.9 Å². The maximum absolute atomic E-state index is 2.12. The second kappa shape index (κ2) is 4.22. The third-order valence-electron chi connectivity index (χ3n) is 0.655. The molecule has 0 spiro atoms. The van der Waals surface area contributed by atoms with Crippen LogP contribution >= 0.6 is 0 Å². The Labute approximate surface area is 78.4 Å². The number of allylic oxidation sites excluding steroid dienone is 4. The van der Waals surface area contributed by atoms with Crippen LogP contribution in [0.3, 0.4) is 0 Å². The van der Waals surface area contributed by atoms with Crippen molar-refractivity contribution in [3.8, 4) is 0 Å². The van der Waals surface area contributed by atoms with E-state index in [4.69, 9.17) is 0 Å². The molecule has 0 aromatic rings. The van der Waals surface area contributed by atoms with Crippen LogP contribution in [0.25, 0.3) is 0 Å².